The van der Waals surface area contributed by atoms with Crippen molar-refractivity contribution in [2.24, 2.45) is 5.18 Å². The number of aliphatic hydroxyl groups excluding tert-OH is 1. The first-order chi connectivity index (χ1) is 28.9. The van der Waals surface area contributed by atoms with Crippen molar-refractivity contribution in [3.63, 3.8) is 0 Å². The highest BCUT2D eigenvalue weighted by molar-refractivity contribution is 8.76. The van der Waals surface area contributed by atoms with Crippen LogP contribution < -0.4 is 23.8 Å². The fourth-order valence-electron chi connectivity index (χ4n) is 7.69. The third-order valence-corrected chi connectivity index (χ3v) is 13.7. The Morgan fingerprint density at radius 3 is 2.52 bits per heavy atom. The molecule has 1 saturated heterocycles. The summed E-state index contributed by atoms with van der Waals surface area (Å²) in [5, 5.41) is 16.3. The van der Waals surface area contributed by atoms with Crippen molar-refractivity contribution in [1.29, 1.82) is 0 Å². The number of fused-ring (bicyclic) bond motifs is 5. The molecule has 4 heterocycles. The Labute approximate surface area is 354 Å². The van der Waals surface area contributed by atoms with Gasteiger partial charge in [0.2, 0.25) is 5.91 Å². The molecule has 3 atom stereocenters. The van der Waals surface area contributed by atoms with E-state index in [1.165, 1.54) is 47.0 Å². The lowest BCUT2D eigenvalue weighted by atomic mass is 10.0. The normalized spacial score (nSPS) is 17.8. The minimum Gasteiger partial charge on any atom is -0.493 e. The van der Waals surface area contributed by atoms with Gasteiger partial charge in [0.1, 0.15) is 17.3 Å². The number of carbonyl (C=O) groups is 3. The third-order valence-electron chi connectivity index (χ3n) is 10.5. The Morgan fingerprint density at radius 1 is 1.00 bits per heavy atom. The van der Waals surface area contributed by atoms with Crippen molar-refractivity contribution in [2.75, 3.05) is 43.2 Å². The monoisotopic (exact) mass is 882 g/mol. The number of unbranched alkanes of at least 4 members (excludes halogenated alkanes) is 2. The Balaban J connectivity index is 0.980. The molecule has 1 aromatic heterocycles. The highest BCUT2D eigenvalue weighted by atomic mass is 33.1. The number of aliphatic hydroxyl groups is 1. The molecular weight excluding hydrogens is 838 g/mol. The topological polar surface area (TPSA) is 221 Å². The molecule has 0 spiro atoms. The van der Waals surface area contributed by atoms with Gasteiger partial charge in [-0.2, -0.15) is 14.7 Å². The lowest BCUT2D eigenvalue weighted by Crippen LogP contribution is -2.51. The van der Waals surface area contributed by atoms with Crippen LogP contribution in [0.15, 0.2) is 71.0 Å². The average molecular weight is 883 g/mol. The summed E-state index contributed by atoms with van der Waals surface area (Å²) in [5.41, 5.74) is 2.05. The minimum atomic E-state index is -4.60. The predicted molar refractivity (Wildman–Crippen MR) is 228 cm³/mol. The first kappa shape index (κ1) is 43.3. The van der Waals surface area contributed by atoms with E-state index in [9.17, 15) is 39.1 Å². The number of nitrogens with zero attached hydrogens (tertiary/aromatic N) is 5. The molecule has 0 bridgehead atoms. The van der Waals surface area contributed by atoms with E-state index in [0.29, 0.717) is 67.7 Å². The molecule has 20 heteroatoms. The van der Waals surface area contributed by atoms with Gasteiger partial charge in [-0.3, -0.25) is 14.1 Å². The summed E-state index contributed by atoms with van der Waals surface area (Å²) in [5.74, 6) is 0.156. The maximum Gasteiger partial charge on any atom is 0.613 e. The van der Waals surface area contributed by atoms with E-state index in [1.54, 1.807) is 40.1 Å². The van der Waals surface area contributed by atoms with Crippen LogP contribution in [-0.2, 0) is 16.0 Å². The van der Waals surface area contributed by atoms with E-state index in [-0.39, 0.29) is 70.9 Å². The molecule has 4 N–H and O–H groups in total. The largest absolute Gasteiger partial charge is 0.613 e. The van der Waals surface area contributed by atoms with Crippen molar-refractivity contribution in [1.82, 2.24) is 9.88 Å². The molecule has 3 unspecified atom stereocenters. The van der Waals surface area contributed by atoms with Gasteiger partial charge in [0.05, 0.1) is 42.9 Å². The number of ether oxygens (including phenoxy) is 3. The number of carbonyl (C=O) groups excluding carboxylic acids is 3. The van der Waals surface area contributed by atoms with Crippen LogP contribution in [0.3, 0.4) is 0 Å². The average Bonchev–Trinajstić information content (AvgIpc) is 3.90. The van der Waals surface area contributed by atoms with E-state index in [2.05, 4.69) is 10.2 Å². The van der Waals surface area contributed by atoms with Gasteiger partial charge >= 0.3 is 14.3 Å². The summed E-state index contributed by atoms with van der Waals surface area (Å²) >= 11 is 0. The molecule has 17 nitrogen and oxygen atoms in total. The smallest absolute Gasteiger partial charge is 0.493 e. The van der Waals surface area contributed by atoms with Crippen LogP contribution in [0.1, 0.15) is 61.4 Å². The fraction of sp³-hybridized carbons (Fsp3) is 0.400. The molecule has 3 amide bonds. The van der Waals surface area contributed by atoms with Crippen LogP contribution in [0, 0.1) is 4.91 Å². The third kappa shape index (κ3) is 9.57. The summed E-state index contributed by atoms with van der Waals surface area (Å²) in [6.45, 7) is 2.95. The van der Waals surface area contributed by atoms with Gasteiger partial charge in [-0.15, -0.1) is 4.91 Å². The number of aromatic nitrogens is 1. The second-order valence-corrected chi connectivity index (χ2v) is 18.4. The molecule has 3 aliphatic rings. The molecule has 318 valence electrons. The molecule has 0 saturated carbocycles. The van der Waals surface area contributed by atoms with Crippen LogP contribution in [-0.4, -0.2) is 98.5 Å². The van der Waals surface area contributed by atoms with Gasteiger partial charge in [-0.05, 0) is 90.6 Å². The Bertz CT molecular complexity index is 2250. The summed E-state index contributed by atoms with van der Waals surface area (Å²) in [4.78, 5) is 89.2. The van der Waals surface area contributed by atoms with Crippen LogP contribution in [0.5, 0.6) is 17.2 Å². The number of hydrogen-bond donors (Lipinski definition) is 4. The molecule has 3 aromatic carbocycles. The van der Waals surface area contributed by atoms with Crippen LogP contribution >= 0.6 is 29.8 Å². The second-order valence-electron chi connectivity index (χ2n) is 14.5. The molecule has 7 rings (SSSR count). The molecule has 0 aliphatic carbocycles. The van der Waals surface area contributed by atoms with Gasteiger partial charge in [-0.1, -0.05) is 35.1 Å². The van der Waals surface area contributed by atoms with E-state index in [0.717, 1.165) is 15.8 Å². The number of pyridine rings is 1. The second kappa shape index (κ2) is 18.9. The maximum absolute atomic E-state index is 13.9. The minimum absolute atomic E-state index is 0.0110. The number of benzene rings is 3. The SMILES string of the molecule is COc1cc2c(cc1OCCCCCC(=O)N1CCc3c1cc(O[P+](O)(O)O)c1ccccc31)N(C(=O)OCC(C)SSc1ccc(N=O)cn1)C(O)C1CCCN1C2=O. The number of methoxy groups -OCH3 is 1. The van der Waals surface area contributed by atoms with Crippen molar-refractivity contribution < 1.29 is 52.9 Å². The Kier molecular flexibility index (Phi) is 13.6. The lowest BCUT2D eigenvalue weighted by Gasteiger charge is -2.32. The number of nitroso groups, excluding NO2 is 1. The van der Waals surface area contributed by atoms with Crippen molar-refractivity contribution >= 4 is 75.5 Å². The number of anilines is 2. The molecule has 3 aliphatic heterocycles. The van der Waals surface area contributed by atoms with Gasteiger partial charge in [0, 0.05) is 42.3 Å². The van der Waals surface area contributed by atoms with Crippen molar-refractivity contribution in [3.05, 3.63) is 76.8 Å². The van der Waals surface area contributed by atoms with Gasteiger partial charge < -0.3 is 29.1 Å². The quantitative estimate of drug-likeness (QED) is 0.0389. The van der Waals surface area contributed by atoms with Gasteiger partial charge in [0.15, 0.2) is 23.5 Å². The molecule has 0 radical (unpaired) electrons. The lowest BCUT2D eigenvalue weighted by molar-refractivity contribution is -0.118. The zero-order valence-corrected chi connectivity index (χ0v) is 35.4. The molecule has 60 heavy (non-hydrogen) atoms. The Morgan fingerprint density at radius 2 is 1.78 bits per heavy atom. The highest BCUT2D eigenvalue weighted by Gasteiger charge is 2.45. The van der Waals surface area contributed by atoms with E-state index in [4.69, 9.17) is 18.7 Å². The van der Waals surface area contributed by atoms with Gasteiger partial charge in [0.25, 0.3) is 5.91 Å². The van der Waals surface area contributed by atoms with Crippen molar-refractivity contribution in [2.45, 2.75) is 74.4 Å². The van der Waals surface area contributed by atoms with E-state index < -0.39 is 26.5 Å². The predicted octanol–water partition coefficient (Wildman–Crippen LogP) is 6.91. The van der Waals surface area contributed by atoms with Gasteiger partial charge in [-0.25, -0.2) is 14.7 Å². The fourth-order valence-corrected chi connectivity index (χ4v) is 9.96. The number of amides is 3. The van der Waals surface area contributed by atoms with Crippen molar-refractivity contribution in [3.8, 4) is 17.2 Å². The summed E-state index contributed by atoms with van der Waals surface area (Å²) in [7, 11) is -0.390. The first-order valence-corrected chi connectivity index (χ1v) is 23.2. The zero-order valence-electron chi connectivity index (χ0n) is 32.8. The van der Waals surface area contributed by atoms with E-state index >= 15 is 0 Å². The number of hydrogen-bond acceptors (Lipinski definition) is 16. The van der Waals surface area contributed by atoms with Crippen LogP contribution in [0.25, 0.3) is 10.8 Å². The van der Waals surface area contributed by atoms with Crippen LogP contribution in [0.2, 0.25) is 0 Å². The molecular formula is C40H45N5O12PS2+. The molecule has 1 fully saturated rings. The summed E-state index contributed by atoms with van der Waals surface area (Å²) in [6, 6.07) is 14.4. The molecule has 4 aromatic rings. The van der Waals surface area contributed by atoms with Crippen LogP contribution in [0.4, 0.5) is 21.9 Å². The number of rotatable bonds is 16. The summed E-state index contributed by atoms with van der Waals surface area (Å²) in [6.07, 6.45) is 2.93. The maximum atomic E-state index is 13.9. The zero-order chi connectivity index (χ0) is 42.6. The summed E-state index contributed by atoms with van der Waals surface area (Å²) < 4.78 is 22.6. The standard InChI is InChI=1S/C40H45N5O12PS2/c1-24(59-60-36-14-13-25(42-50)22-41-36)23-56-40(49)45-32-21-35(34(54-2)19-29(32)38(47)44-16-8-11-30(44)39(45)48)55-18-7-3-4-12-37(46)43-17-15-27-26-9-5-6-10-28(26)33(20-31(27)43)57-58(51,52)53/h5-6,9-10,13-14,19-22,24,30,39,48,51-53H,3-4,7-8,11-12,15-18,23H2,1-2H3/q+1. The highest BCUT2D eigenvalue weighted by Crippen LogP contribution is 2.50. The van der Waals surface area contributed by atoms with E-state index in [1.807, 2.05) is 19.1 Å². The first-order valence-electron chi connectivity index (χ1n) is 19.4. The Hall–Kier alpha value is -4.75.